The molecule has 2 aromatic rings. The number of rotatable bonds is 4. The molecule has 0 radical (unpaired) electrons. The molecule has 3 N–H and O–H groups in total. The number of anilines is 2. The van der Waals surface area contributed by atoms with E-state index < -0.39 is 5.97 Å². The minimum atomic E-state index is -0.558. The maximum atomic E-state index is 12.0. The molecule has 0 atom stereocenters. The Balaban J connectivity index is 1.95. The van der Waals surface area contributed by atoms with Crippen molar-refractivity contribution in [2.75, 3.05) is 17.7 Å². The molecule has 0 aliphatic rings. The van der Waals surface area contributed by atoms with Gasteiger partial charge in [0.25, 0.3) is 5.91 Å². The zero-order valence-corrected chi connectivity index (χ0v) is 13.5. The molecule has 0 aliphatic heterocycles. The maximum Gasteiger partial charge on any atom is 0.338 e. The van der Waals surface area contributed by atoms with E-state index in [4.69, 9.17) is 10.5 Å². The highest BCUT2D eigenvalue weighted by atomic mass is 16.5. The van der Waals surface area contributed by atoms with Crippen LogP contribution in [0.5, 0.6) is 0 Å². The maximum absolute atomic E-state index is 12.0. The Morgan fingerprint density at radius 1 is 1.04 bits per heavy atom. The van der Waals surface area contributed by atoms with Crippen LogP contribution in [0, 0.1) is 20.8 Å². The smallest absolute Gasteiger partial charge is 0.338 e. The molecule has 5 heteroatoms. The topological polar surface area (TPSA) is 81.4 Å². The molecule has 2 rings (SSSR count). The Morgan fingerprint density at radius 3 is 2.17 bits per heavy atom. The molecule has 5 nitrogen and oxygen atoms in total. The van der Waals surface area contributed by atoms with Gasteiger partial charge in [-0.15, -0.1) is 0 Å². The quantitative estimate of drug-likeness (QED) is 0.671. The molecule has 0 fully saturated rings. The molecular formula is C18H20N2O3. The normalized spacial score (nSPS) is 10.2. The Bertz CT molecular complexity index is 713. The average Bonchev–Trinajstić information content (AvgIpc) is 2.49. The zero-order valence-electron chi connectivity index (χ0n) is 13.5. The molecular weight excluding hydrogens is 292 g/mol. The molecule has 0 bridgehead atoms. The molecule has 0 heterocycles. The van der Waals surface area contributed by atoms with Gasteiger partial charge in [0.1, 0.15) is 0 Å². The second-order valence-corrected chi connectivity index (χ2v) is 5.52. The molecule has 1 amide bonds. The predicted molar refractivity (Wildman–Crippen MR) is 90.4 cm³/mol. The fourth-order valence-corrected chi connectivity index (χ4v) is 2.39. The number of amides is 1. The average molecular weight is 312 g/mol. The first-order chi connectivity index (χ1) is 10.9. The van der Waals surface area contributed by atoms with Gasteiger partial charge in [0.05, 0.1) is 5.56 Å². The number of carbonyl (C=O) groups excluding carboxylic acids is 2. The highest BCUT2D eigenvalue weighted by Crippen LogP contribution is 2.21. The van der Waals surface area contributed by atoms with Gasteiger partial charge in [0.15, 0.2) is 6.61 Å². The summed E-state index contributed by atoms with van der Waals surface area (Å²) in [5, 5.41) is 2.79. The summed E-state index contributed by atoms with van der Waals surface area (Å²) in [4.78, 5) is 23.8. The van der Waals surface area contributed by atoms with Crippen molar-refractivity contribution in [1.29, 1.82) is 0 Å². The number of esters is 1. The van der Waals surface area contributed by atoms with Crippen LogP contribution in [0.15, 0.2) is 36.4 Å². The Morgan fingerprint density at radius 2 is 1.61 bits per heavy atom. The van der Waals surface area contributed by atoms with E-state index in [9.17, 15) is 9.59 Å². The fourth-order valence-electron chi connectivity index (χ4n) is 2.39. The van der Waals surface area contributed by atoms with E-state index in [-0.39, 0.29) is 12.5 Å². The summed E-state index contributed by atoms with van der Waals surface area (Å²) in [6.07, 6.45) is 0. The second kappa shape index (κ2) is 6.96. The van der Waals surface area contributed by atoms with Crippen LogP contribution in [0.3, 0.4) is 0 Å². The van der Waals surface area contributed by atoms with Crippen molar-refractivity contribution in [2.45, 2.75) is 20.8 Å². The third kappa shape index (κ3) is 4.32. The minimum absolute atomic E-state index is 0.337. The number of nitrogens with two attached hydrogens (primary N) is 1. The van der Waals surface area contributed by atoms with Crippen molar-refractivity contribution >= 4 is 23.3 Å². The SMILES string of the molecule is Cc1cc(C)c(NC(=O)COC(=O)c2ccc(N)cc2)c(C)c1. The molecule has 0 aliphatic carbocycles. The minimum Gasteiger partial charge on any atom is -0.452 e. The van der Waals surface area contributed by atoms with Crippen LogP contribution in [-0.4, -0.2) is 18.5 Å². The fraction of sp³-hybridized carbons (Fsp3) is 0.222. The van der Waals surface area contributed by atoms with Crippen LogP contribution in [0.1, 0.15) is 27.0 Å². The van der Waals surface area contributed by atoms with Gasteiger partial charge in [-0.05, 0) is 56.2 Å². The van der Waals surface area contributed by atoms with Gasteiger partial charge in [-0.1, -0.05) is 17.7 Å². The molecule has 2 aromatic carbocycles. The monoisotopic (exact) mass is 312 g/mol. The number of ether oxygens (including phenoxy) is 1. The van der Waals surface area contributed by atoms with Gasteiger partial charge in [0.2, 0.25) is 0 Å². The summed E-state index contributed by atoms with van der Waals surface area (Å²) < 4.78 is 5.01. The Hall–Kier alpha value is -2.82. The number of benzene rings is 2. The number of hydrogen-bond donors (Lipinski definition) is 2. The van der Waals surface area contributed by atoms with Crippen LogP contribution >= 0.6 is 0 Å². The van der Waals surface area contributed by atoms with Gasteiger partial charge in [-0.25, -0.2) is 4.79 Å². The van der Waals surface area contributed by atoms with Crippen LogP contribution in [0.2, 0.25) is 0 Å². The van der Waals surface area contributed by atoms with Crippen molar-refractivity contribution in [3.05, 3.63) is 58.7 Å². The van der Waals surface area contributed by atoms with Gasteiger partial charge < -0.3 is 15.8 Å². The van der Waals surface area contributed by atoms with E-state index in [2.05, 4.69) is 5.32 Å². The molecule has 0 aromatic heterocycles. The van der Waals surface area contributed by atoms with Crippen LogP contribution in [0.25, 0.3) is 0 Å². The van der Waals surface area contributed by atoms with Crippen molar-refractivity contribution < 1.29 is 14.3 Å². The van der Waals surface area contributed by atoms with E-state index in [1.54, 1.807) is 24.3 Å². The van der Waals surface area contributed by atoms with E-state index in [1.807, 2.05) is 32.9 Å². The van der Waals surface area contributed by atoms with Crippen molar-refractivity contribution in [3.8, 4) is 0 Å². The van der Waals surface area contributed by atoms with E-state index >= 15 is 0 Å². The lowest BCUT2D eigenvalue weighted by Gasteiger charge is -2.13. The molecule has 0 unspecified atom stereocenters. The number of hydrogen-bond acceptors (Lipinski definition) is 4. The number of carbonyl (C=O) groups is 2. The summed E-state index contributed by atoms with van der Waals surface area (Å²) >= 11 is 0. The highest BCUT2D eigenvalue weighted by Gasteiger charge is 2.12. The van der Waals surface area contributed by atoms with Crippen LogP contribution < -0.4 is 11.1 Å². The first kappa shape index (κ1) is 16.5. The van der Waals surface area contributed by atoms with Gasteiger partial charge in [-0.3, -0.25) is 4.79 Å². The standard InChI is InChI=1S/C18H20N2O3/c1-11-8-12(2)17(13(3)9-11)20-16(21)10-23-18(22)14-4-6-15(19)7-5-14/h4-9H,10,19H2,1-3H3,(H,20,21). The number of aryl methyl sites for hydroxylation is 3. The van der Waals surface area contributed by atoms with E-state index in [0.717, 1.165) is 22.4 Å². The Labute approximate surface area is 135 Å². The first-order valence-corrected chi connectivity index (χ1v) is 7.27. The molecule has 0 spiro atoms. The van der Waals surface area contributed by atoms with Gasteiger partial charge in [-0.2, -0.15) is 0 Å². The predicted octanol–water partition coefficient (Wildman–Crippen LogP) is 2.99. The summed E-state index contributed by atoms with van der Waals surface area (Å²) in [5.74, 6) is -0.929. The number of nitrogens with one attached hydrogen (secondary N) is 1. The molecule has 0 saturated carbocycles. The highest BCUT2D eigenvalue weighted by molar-refractivity contribution is 5.96. The third-order valence-corrected chi connectivity index (χ3v) is 3.42. The summed E-state index contributed by atoms with van der Waals surface area (Å²) in [5.41, 5.74) is 10.3. The molecule has 23 heavy (non-hydrogen) atoms. The second-order valence-electron chi connectivity index (χ2n) is 5.52. The van der Waals surface area contributed by atoms with Crippen LogP contribution in [-0.2, 0) is 9.53 Å². The first-order valence-electron chi connectivity index (χ1n) is 7.27. The van der Waals surface area contributed by atoms with Gasteiger partial charge in [0, 0.05) is 11.4 Å². The summed E-state index contributed by atoms with van der Waals surface area (Å²) in [6.45, 7) is 5.52. The molecule has 120 valence electrons. The van der Waals surface area contributed by atoms with Crippen molar-refractivity contribution in [2.24, 2.45) is 0 Å². The number of nitrogen functional groups attached to an aromatic ring is 1. The largest absolute Gasteiger partial charge is 0.452 e. The lowest BCUT2D eigenvalue weighted by atomic mass is 10.1. The summed E-state index contributed by atoms with van der Waals surface area (Å²) in [7, 11) is 0. The lowest BCUT2D eigenvalue weighted by molar-refractivity contribution is -0.119. The third-order valence-electron chi connectivity index (χ3n) is 3.42. The summed E-state index contributed by atoms with van der Waals surface area (Å²) in [6, 6.07) is 10.3. The zero-order chi connectivity index (χ0) is 17.0. The Kier molecular flexibility index (Phi) is 5.01. The van der Waals surface area contributed by atoms with E-state index in [0.29, 0.717) is 11.3 Å². The lowest BCUT2D eigenvalue weighted by Crippen LogP contribution is -2.22. The van der Waals surface area contributed by atoms with E-state index in [1.165, 1.54) is 0 Å². The van der Waals surface area contributed by atoms with Crippen LogP contribution in [0.4, 0.5) is 11.4 Å². The van der Waals surface area contributed by atoms with Crippen molar-refractivity contribution in [1.82, 2.24) is 0 Å². The van der Waals surface area contributed by atoms with Crippen molar-refractivity contribution in [3.63, 3.8) is 0 Å². The molecule has 0 saturated heterocycles. The van der Waals surface area contributed by atoms with Gasteiger partial charge >= 0.3 is 5.97 Å².